The summed E-state index contributed by atoms with van der Waals surface area (Å²) in [5.41, 5.74) is 0.158. The van der Waals surface area contributed by atoms with Crippen molar-refractivity contribution in [1.82, 2.24) is 14.9 Å². The average Bonchev–Trinajstić information content (AvgIpc) is 2.99. The molecule has 0 fully saturated rings. The molecule has 0 bridgehead atoms. The van der Waals surface area contributed by atoms with Gasteiger partial charge in [-0.05, 0) is 24.5 Å². The second-order valence-corrected chi connectivity index (χ2v) is 6.08. The molecule has 2 rings (SSSR count). The zero-order chi connectivity index (χ0) is 13.9. The number of nitrogens with zero attached hydrogens (tertiary/aromatic N) is 2. The van der Waals surface area contributed by atoms with Crippen molar-refractivity contribution in [1.29, 1.82) is 0 Å². The normalized spacial score (nSPS) is 15.4. The van der Waals surface area contributed by atoms with Crippen LogP contribution in [0.2, 0.25) is 0 Å². The molecule has 0 saturated heterocycles. The lowest BCUT2D eigenvalue weighted by Crippen LogP contribution is -2.44. The van der Waals surface area contributed by atoms with Crippen molar-refractivity contribution in [3.8, 4) is 0 Å². The summed E-state index contributed by atoms with van der Waals surface area (Å²) in [6, 6.07) is 4.47. The van der Waals surface area contributed by atoms with E-state index in [-0.39, 0.29) is 11.5 Å². The minimum atomic E-state index is 0.158. The molecule has 2 unspecified atom stereocenters. The van der Waals surface area contributed by atoms with Crippen LogP contribution in [-0.2, 0) is 6.54 Å². The summed E-state index contributed by atoms with van der Waals surface area (Å²) < 4.78 is 7.57. The fourth-order valence-corrected chi connectivity index (χ4v) is 2.10. The van der Waals surface area contributed by atoms with Crippen LogP contribution >= 0.6 is 0 Å². The van der Waals surface area contributed by atoms with Crippen LogP contribution in [0.5, 0.6) is 0 Å². The summed E-state index contributed by atoms with van der Waals surface area (Å²) in [7, 11) is 0. The predicted octanol–water partition coefficient (Wildman–Crippen LogP) is 3.24. The van der Waals surface area contributed by atoms with Crippen LogP contribution in [0.1, 0.15) is 39.5 Å². The van der Waals surface area contributed by atoms with Gasteiger partial charge < -0.3 is 14.3 Å². The lowest BCUT2D eigenvalue weighted by molar-refractivity contribution is 0.218. The molecule has 2 aromatic heterocycles. The molecular weight excluding hydrogens is 238 g/mol. The minimum absolute atomic E-state index is 0.158. The Morgan fingerprint density at radius 3 is 2.74 bits per heavy atom. The summed E-state index contributed by atoms with van der Waals surface area (Å²) >= 11 is 0. The van der Waals surface area contributed by atoms with E-state index in [2.05, 4.69) is 42.6 Å². The van der Waals surface area contributed by atoms with Crippen molar-refractivity contribution >= 4 is 0 Å². The number of imidazole rings is 1. The maximum absolute atomic E-state index is 5.46. The van der Waals surface area contributed by atoms with Crippen LogP contribution < -0.4 is 5.32 Å². The van der Waals surface area contributed by atoms with Crippen molar-refractivity contribution < 1.29 is 4.42 Å². The highest BCUT2D eigenvalue weighted by Crippen LogP contribution is 2.24. The first kappa shape index (κ1) is 13.9. The first-order valence-corrected chi connectivity index (χ1v) is 6.72. The zero-order valence-corrected chi connectivity index (χ0v) is 12.1. The third kappa shape index (κ3) is 3.70. The van der Waals surface area contributed by atoms with E-state index in [0.29, 0.717) is 6.04 Å². The third-order valence-electron chi connectivity index (χ3n) is 3.42. The smallest absolute Gasteiger partial charge is 0.120 e. The topological polar surface area (TPSA) is 43.0 Å². The van der Waals surface area contributed by atoms with Crippen LogP contribution in [0.25, 0.3) is 0 Å². The van der Waals surface area contributed by atoms with Gasteiger partial charge in [-0.3, -0.25) is 0 Å². The fourth-order valence-electron chi connectivity index (χ4n) is 2.10. The predicted molar refractivity (Wildman–Crippen MR) is 75.7 cm³/mol. The Kier molecular flexibility index (Phi) is 4.10. The van der Waals surface area contributed by atoms with E-state index < -0.39 is 0 Å². The van der Waals surface area contributed by atoms with Gasteiger partial charge in [-0.15, -0.1) is 0 Å². The van der Waals surface area contributed by atoms with E-state index in [0.717, 1.165) is 12.3 Å². The molecule has 0 aliphatic carbocycles. The Morgan fingerprint density at radius 1 is 1.42 bits per heavy atom. The highest BCUT2D eigenvalue weighted by Gasteiger charge is 2.27. The lowest BCUT2D eigenvalue weighted by atomic mass is 9.86. The van der Waals surface area contributed by atoms with Crippen molar-refractivity contribution in [2.45, 2.75) is 46.3 Å². The number of hydrogen-bond acceptors (Lipinski definition) is 3. The summed E-state index contributed by atoms with van der Waals surface area (Å²) in [6.07, 6.45) is 7.39. The van der Waals surface area contributed by atoms with Crippen LogP contribution in [0, 0.1) is 5.41 Å². The summed E-state index contributed by atoms with van der Waals surface area (Å²) in [6.45, 7) is 9.77. The van der Waals surface area contributed by atoms with Gasteiger partial charge in [-0.25, -0.2) is 4.98 Å². The van der Waals surface area contributed by atoms with Gasteiger partial charge in [-0.1, -0.05) is 20.8 Å². The number of rotatable bonds is 5. The number of nitrogens with one attached hydrogen (secondary N) is 1. The number of furan rings is 1. The van der Waals surface area contributed by atoms with E-state index >= 15 is 0 Å². The molecule has 0 saturated carbocycles. The number of aromatic nitrogens is 2. The maximum Gasteiger partial charge on any atom is 0.120 e. The molecular formula is C15H23N3O. The second-order valence-electron chi connectivity index (χ2n) is 6.08. The monoisotopic (exact) mass is 261 g/mol. The van der Waals surface area contributed by atoms with Gasteiger partial charge in [0, 0.05) is 25.0 Å². The van der Waals surface area contributed by atoms with Crippen LogP contribution in [0.15, 0.2) is 41.5 Å². The Morgan fingerprint density at radius 2 is 2.21 bits per heavy atom. The summed E-state index contributed by atoms with van der Waals surface area (Å²) in [5.74, 6) is 0.972. The van der Waals surface area contributed by atoms with E-state index in [9.17, 15) is 0 Å². The van der Waals surface area contributed by atoms with Gasteiger partial charge in [0.1, 0.15) is 5.76 Å². The molecule has 0 radical (unpaired) electrons. The average molecular weight is 261 g/mol. The summed E-state index contributed by atoms with van der Waals surface area (Å²) in [5, 5.41) is 3.66. The molecule has 2 heterocycles. The van der Waals surface area contributed by atoms with E-state index in [4.69, 9.17) is 4.42 Å². The summed E-state index contributed by atoms with van der Waals surface area (Å²) in [4.78, 5) is 4.10. The zero-order valence-electron chi connectivity index (χ0n) is 12.1. The van der Waals surface area contributed by atoms with Crippen LogP contribution in [-0.4, -0.2) is 15.6 Å². The first-order valence-electron chi connectivity index (χ1n) is 6.72. The second kappa shape index (κ2) is 5.61. The molecule has 2 aromatic rings. The standard InChI is InChI=1S/C15H23N3O/c1-12(13-6-5-9-19-13)17-14(15(2,3)4)10-18-8-7-16-11-18/h5-9,11-12,14,17H,10H2,1-4H3. The quantitative estimate of drug-likeness (QED) is 0.898. The molecule has 0 amide bonds. The lowest BCUT2D eigenvalue weighted by Gasteiger charge is -2.34. The molecule has 0 spiro atoms. The maximum atomic E-state index is 5.46. The molecule has 2 atom stereocenters. The van der Waals surface area contributed by atoms with E-state index in [1.54, 1.807) is 6.26 Å². The molecule has 19 heavy (non-hydrogen) atoms. The first-order chi connectivity index (χ1) is 8.97. The Balaban J connectivity index is 2.06. The Hall–Kier alpha value is -1.55. The molecule has 1 N–H and O–H groups in total. The Bertz CT molecular complexity index is 468. The van der Waals surface area contributed by atoms with Gasteiger partial charge >= 0.3 is 0 Å². The van der Waals surface area contributed by atoms with Crippen molar-refractivity contribution in [3.63, 3.8) is 0 Å². The number of hydrogen-bond donors (Lipinski definition) is 1. The van der Waals surface area contributed by atoms with Gasteiger partial charge in [0.05, 0.1) is 18.6 Å². The van der Waals surface area contributed by atoms with Crippen molar-refractivity contribution in [2.24, 2.45) is 5.41 Å². The van der Waals surface area contributed by atoms with Gasteiger partial charge in [0.2, 0.25) is 0 Å². The SMILES string of the molecule is CC(NC(Cn1ccnc1)C(C)(C)C)c1ccco1. The van der Waals surface area contributed by atoms with Crippen LogP contribution in [0.3, 0.4) is 0 Å². The molecule has 0 aliphatic rings. The van der Waals surface area contributed by atoms with Crippen molar-refractivity contribution in [3.05, 3.63) is 42.9 Å². The van der Waals surface area contributed by atoms with Gasteiger partial charge in [-0.2, -0.15) is 0 Å². The van der Waals surface area contributed by atoms with E-state index in [1.165, 1.54) is 0 Å². The van der Waals surface area contributed by atoms with Gasteiger partial charge in [0.15, 0.2) is 0 Å². The highest BCUT2D eigenvalue weighted by atomic mass is 16.3. The molecule has 0 aromatic carbocycles. The Labute approximate surface area is 114 Å². The van der Waals surface area contributed by atoms with Crippen molar-refractivity contribution in [2.75, 3.05) is 0 Å². The van der Waals surface area contributed by atoms with Crippen LogP contribution in [0.4, 0.5) is 0 Å². The molecule has 0 aliphatic heterocycles. The molecule has 104 valence electrons. The molecule has 4 nitrogen and oxygen atoms in total. The molecule has 4 heteroatoms. The highest BCUT2D eigenvalue weighted by molar-refractivity contribution is 5.04. The van der Waals surface area contributed by atoms with Gasteiger partial charge in [0.25, 0.3) is 0 Å². The van der Waals surface area contributed by atoms with E-state index in [1.807, 2.05) is 30.9 Å². The minimum Gasteiger partial charge on any atom is -0.468 e. The third-order valence-corrected chi connectivity index (χ3v) is 3.42. The fraction of sp³-hybridized carbons (Fsp3) is 0.533. The largest absolute Gasteiger partial charge is 0.468 e.